The summed E-state index contributed by atoms with van der Waals surface area (Å²) in [6.07, 6.45) is 10.9. The number of ether oxygens (including phenoxy) is 1. The summed E-state index contributed by atoms with van der Waals surface area (Å²) in [4.78, 5) is 21.2. The number of hydrogen-bond acceptors (Lipinski definition) is 3. The third-order valence-corrected chi connectivity index (χ3v) is 2.52. The monoisotopic (exact) mass is 256 g/mol. The highest BCUT2D eigenvalue weighted by Crippen LogP contribution is 2.05. The molecule has 0 rings (SSSR count). The average Bonchev–Trinajstić information content (AvgIpc) is 2.34. The van der Waals surface area contributed by atoms with Gasteiger partial charge in [0.1, 0.15) is 6.61 Å². The maximum absolute atomic E-state index is 11.0. The molecule has 0 heterocycles. The first-order valence-corrected chi connectivity index (χ1v) is 6.69. The highest BCUT2D eigenvalue weighted by Gasteiger charge is 2.04. The molecule has 0 fully saturated rings. The second-order valence-electron chi connectivity index (χ2n) is 4.25. The maximum Gasteiger partial charge on any atom is 0.306 e. The zero-order valence-electron chi connectivity index (χ0n) is 11.2. The van der Waals surface area contributed by atoms with Crippen molar-refractivity contribution in [2.45, 2.75) is 58.3 Å². The van der Waals surface area contributed by atoms with Crippen molar-refractivity contribution in [3.63, 3.8) is 0 Å². The van der Waals surface area contributed by atoms with Gasteiger partial charge in [-0.25, -0.2) is 0 Å². The first-order chi connectivity index (χ1) is 8.66. The fourth-order valence-electron chi connectivity index (χ4n) is 1.47. The first kappa shape index (κ1) is 16.7. The van der Waals surface area contributed by atoms with E-state index in [0.717, 1.165) is 6.42 Å². The van der Waals surface area contributed by atoms with Gasteiger partial charge >= 0.3 is 11.9 Å². The van der Waals surface area contributed by atoms with Gasteiger partial charge in [-0.1, -0.05) is 44.8 Å². The summed E-state index contributed by atoms with van der Waals surface area (Å²) in [7, 11) is 0. The Bertz CT molecular complexity index is 259. The molecule has 0 aromatic heterocycles. The van der Waals surface area contributed by atoms with Crippen molar-refractivity contribution < 1.29 is 19.4 Å². The smallest absolute Gasteiger partial charge is 0.306 e. The molecule has 104 valence electrons. The highest BCUT2D eigenvalue weighted by atomic mass is 16.5. The van der Waals surface area contributed by atoms with Gasteiger partial charge in [0, 0.05) is 0 Å². The molecule has 0 aliphatic carbocycles. The lowest BCUT2D eigenvalue weighted by Crippen LogP contribution is -2.07. The van der Waals surface area contributed by atoms with E-state index in [4.69, 9.17) is 9.84 Å². The van der Waals surface area contributed by atoms with E-state index in [1.807, 2.05) is 12.2 Å². The van der Waals surface area contributed by atoms with Crippen LogP contribution in [0, 0.1) is 0 Å². The number of allylic oxidation sites excluding steroid dienone is 1. The molecule has 0 bridgehead atoms. The Morgan fingerprint density at radius 3 is 2.44 bits per heavy atom. The van der Waals surface area contributed by atoms with Crippen molar-refractivity contribution in [1.29, 1.82) is 0 Å². The lowest BCUT2D eigenvalue weighted by atomic mass is 10.1. The van der Waals surface area contributed by atoms with Crippen LogP contribution < -0.4 is 0 Å². The normalized spacial score (nSPS) is 10.7. The summed E-state index contributed by atoms with van der Waals surface area (Å²) in [5, 5.41) is 8.37. The fraction of sp³-hybridized carbons (Fsp3) is 0.714. The summed E-state index contributed by atoms with van der Waals surface area (Å²) >= 11 is 0. The number of carbonyl (C=O) groups excluding carboxylic acids is 1. The minimum Gasteiger partial charge on any atom is -0.481 e. The zero-order valence-corrected chi connectivity index (χ0v) is 11.2. The quantitative estimate of drug-likeness (QED) is 0.350. The number of unbranched alkanes of at least 4 members (excludes halogenated alkanes) is 5. The predicted octanol–water partition coefficient (Wildman–Crippen LogP) is 3.31. The fourth-order valence-corrected chi connectivity index (χ4v) is 1.47. The summed E-state index contributed by atoms with van der Waals surface area (Å²) in [5.41, 5.74) is 0. The van der Waals surface area contributed by atoms with Crippen molar-refractivity contribution >= 4 is 11.9 Å². The molecule has 0 unspecified atom stereocenters. The van der Waals surface area contributed by atoms with E-state index >= 15 is 0 Å². The Kier molecular flexibility index (Phi) is 11.3. The van der Waals surface area contributed by atoms with Gasteiger partial charge in [-0.3, -0.25) is 9.59 Å². The number of rotatable bonds is 11. The average molecular weight is 256 g/mol. The van der Waals surface area contributed by atoms with Crippen LogP contribution in [0.5, 0.6) is 0 Å². The number of esters is 1. The largest absolute Gasteiger partial charge is 0.481 e. The van der Waals surface area contributed by atoms with Crippen LogP contribution in [-0.2, 0) is 14.3 Å². The van der Waals surface area contributed by atoms with Gasteiger partial charge in [-0.2, -0.15) is 0 Å². The van der Waals surface area contributed by atoms with Crippen molar-refractivity contribution in [2.24, 2.45) is 0 Å². The van der Waals surface area contributed by atoms with Gasteiger partial charge in [-0.15, -0.1) is 0 Å². The third kappa shape index (κ3) is 12.7. The topological polar surface area (TPSA) is 63.6 Å². The Morgan fingerprint density at radius 1 is 1.06 bits per heavy atom. The lowest BCUT2D eigenvalue weighted by molar-refractivity contribution is -0.146. The minimum atomic E-state index is -0.977. The van der Waals surface area contributed by atoms with E-state index in [9.17, 15) is 9.59 Å². The van der Waals surface area contributed by atoms with E-state index < -0.39 is 11.9 Å². The van der Waals surface area contributed by atoms with Crippen LogP contribution in [0.3, 0.4) is 0 Å². The summed E-state index contributed by atoms with van der Waals surface area (Å²) in [6.45, 7) is 2.44. The second-order valence-corrected chi connectivity index (χ2v) is 4.25. The van der Waals surface area contributed by atoms with Gasteiger partial charge in [0.25, 0.3) is 0 Å². The van der Waals surface area contributed by atoms with Gasteiger partial charge in [0.05, 0.1) is 12.8 Å². The van der Waals surface area contributed by atoms with Gasteiger partial charge in [0.15, 0.2) is 0 Å². The van der Waals surface area contributed by atoms with E-state index in [1.54, 1.807) is 0 Å². The Labute approximate surface area is 109 Å². The van der Waals surface area contributed by atoms with Gasteiger partial charge < -0.3 is 9.84 Å². The Balaban J connectivity index is 3.31. The molecular formula is C14H24O4. The molecular weight excluding hydrogens is 232 g/mol. The predicted molar refractivity (Wildman–Crippen MR) is 70.3 cm³/mol. The third-order valence-electron chi connectivity index (χ3n) is 2.52. The molecule has 0 aliphatic heterocycles. The Hall–Kier alpha value is -1.32. The van der Waals surface area contributed by atoms with E-state index in [2.05, 4.69) is 6.92 Å². The number of carboxylic acid groups (broad SMARTS) is 1. The zero-order chi connectivity index (χ0) is 13.6. The molecule has 0 aromatic rings. The number of carboxylic acids is 1. The standard InChI is InChI=1S/C14H24O4/c1-2-3-4-5-6-7-8-9-12-18-14(17)11-10-13(15)16/h8-9H,2-7,10-12H2,1H3,(H,15,16). The number of aliphatic carboxylic acids is 1. The van der Waals surface area contributed by atoms with Crippen molar-refractivity contribution in [2.75, 3.05) is 6.61 Å². The van der Waals surface area contributed by atoms with Crippen LogP contribution in [0.25, 0.3) is 0 Å². The van der Waals surface area contributed by atoms with Crippen molar-refractivity contribution in [3.05, 3.63) is 12.2 Å². The molecule has 0 aliphatic rings. The van der Waals surface area contributed by atoms with E-state index in [-0.39, 0.29) is 19.4 Å². The maximum atomic E-state index is 11.0. The summed E-state index contributed by atoms with van der Waals surface area (Å²) < 4.78 is 4.85. The summed E-state index contributed by atoms with van der Waals surface area (Å²) in [6, 6.07) is 0. The Morgan fingerprint density at radius 2 is 1.78 bits per heavy atom. The molecule has 0 saturated heterocycles. The van der Waals surface area contributed by atoms with Crippen molar-refractivity contribution in [3.8, 4) is 0 Å². The SMILES string of the molecule is CCCCCCCC=CCOC(=O)CCC(=O)O. The van der Waals surface area contributed by atoms with Crippen LogP contribution in [-0.4, -0.2) is 23.7 Å². The van der Waals surface area contributed by atoms with Gasteiger partial charge in [0.2, 0.25) is 0 Å². The number of carbonyl (C=O) groups is 2. The molecule has 0 aromatic carbocycles. The molecule has 1 N–H and O–H groups in total. The van der Waals surface area contributed by atoms with E-state index in [1.165, 1.54) is 32.1 Å². The number of hydrogen-bond donors (Lipinski definition) is 1. The second kappa shape index (κ2) is 12.1. The van der Waals surface area contributed by atoms with Crippen LogP contribution >= 0.6 is 0 Å². The first-order valence-electron chi connectivity index (χ1n) is 6.69. The molecule has 4 heteroatoms. The molecule has 0 radical (unpaired) electrons. The highest BCUT2D eigenvalue weighted by molar-refractivity contribution is 5.76. The van der Waals surface area contributed by atoms with Crippen LogP contribution in [0.2, 0.25) is 0 Å². The van der Waals surface area contributed by atoms with Crippen LogP contribution in [0.4, 0.5) is 0 Å². The molecule has 18 heavy (non-hydrogen) atoms. The van der Waals surface area contributed by atoms with E-state index in [0.29, 0.717) is 0 Å². The van der Waals surface area contributed by atoms with Crippen LogP contribution in [0.15, 0.2) is 12.2 Å². The molecule has 0 saturated carbocycles. The van der Waals surface area contributed by atoms with Crippen LogP contribution in [0.1, 0.15) is 58.3 Å². The molecule has 0 amide bonds. The van der Waals surface area contributed by atoms with Gasteiger partial charge in [-0.05, 0) is 12.8 Å². The van der Waals surface area contributed by atoms with Crippen molar-refractivity contribution in [1.82, 2.24) is 0 Å². The summed E-state index contributed by atoms with van der Waals surface area (Å²) in [5.74, 6) is -1.43. The minimum absolute atomic E-state index is 0.0554. The molecule has 0 spiro atoms. The molecule has 4 nitrogen and oxygen atoms in total. The molecule has 0 atom stereocenters. The lowest BCUT2D eigenvalue weighted by Gasteiger charge is -1.99.